The molecular formula is C14H11N3O4S2. The minimum Gasteiger partial charge on any atom is -0.459 e. The Morgan fingerprint density at radius 3 is 2.70 bits per heavy atom. The molecule has 118 valence electrons. The van der Waals surface area contributed by atoms with Crippen LogP contribution in [0.15, 0.2) is 57.5 Å². The third kappa shape index (κ3) is 3.46. The Morgan fingerprint density at radius 1 is 1.22 bits per heavy atom. The van der Waals surface area contributed by atoms with Crippen molar-refractivity contribution < 1.29 is 17.6 Å². The van der Waals surface area contributed by atoms with Crippen LogP contribution in [0.1, 0.15) is 16.1 Å². The van der Waals surface area contributed by atoms with Crippen molar-refractivity contribution in [1.82, 2.24) is 10.2 Å². The molecule has 7 nitrogen and oxygen atoms in total. The lowest BCUT2D eigenvalue weighted by Crippen LogP contribution is -2.14. The Bertz CT molecular complexity index is 903. The molecule has 0 atom stereocenters. The zero-order valence-electron chi connectivity index (χ0n) is 11.7. The first-order chi connectivity index (χ1) is 11.1. The van der Waals surface area contributed by atoms with Gasteiger partial charge in [-0.3, -0.25) is 10.1 Å². The molecule has 0 aliphatic rings. The van der Waals surface area contributed by atoms with Gasteiger partial charge in [0, 0.05) is 5.56 Å². The van der Waals surface area contributed by atoms with Crippen LogP contribution in [-0.2, 0) is 15.6 Å². The predicted molar refractivity (Wildman–Crippen MR) is 83.9 cm³/mol. The highest BCUT2D eigenvalue weighted by molar-refractivity contribution is 7.90. The average molecular weight is 349 g/mol. The molecule has 0 saturated heterocycles. The number of carbonyl (C=O) groups is 1. The van der Waals surface area contributed by atoms with Crippen molar-refractivity contribution in [2.24, 2.45) is 0 Å². The summed E-state index contributed by atoms with van der Waals surface area (Å²) in [4.78, 5) is 12.3. The van der Waals surface area contributed by atoms with E-state index in [9.17, 15) is 13.2 Å². The third-order valence-corrected chi connectivity index (χ3v) is 5.27. The molecule has 1 aromatic carbocycles. The number of hydrogen-bond donors (Lipinski definition) is 1. The molecule has 0 unspecified atom stereocenters. The zero-order chi connectivity index (χ0) is 16.3. The Hall–Kier alpha value is -2.52. The second-order valence-electron chi connectivity index (χ2n) is 4.55. The number of anilines is 1. The molecule has 3 rings (SSSR count). The second kappa shape index (κ2) is 6.31. The molecule has 0 fully saturated rings. The second-order valence-corrected chi connectivity index (χ2v) is 7.37. The fourth-order valence-corrected chi connectivity index (χ4v) is 3.76. The van der Waals surface area contributed by atoms with E-state index < -0.39 is 15.7 Å². The number of rotatable bonds is 5. The van der Waals surface area contributed by atoms with E-state index in [1.807, 2.05) is 0 Å². The Morgan fingerprint density at radius 2 is 2.00 bits per heavy atom. The van der Waals surface area contributed by atoms with Gasteiger partial charge in [0.2, 0.25) is 5.13 Å². The van der Waals surface area contributed by atoms with E-state index in [4.69, 9.17) is 4.42 Å². The highest BCUT2D eigenvalue weighted by atomic mass is 32.2. The summed E-state index contributed by atoms with van der Waals surface area (Å²) in [6, 6.07) is 9.51. The van der Waals surface area contributed by atoms with E-state index in [2.05, 4.69) is 15.5 Å². The van der Waals surface area contributed by atoms with Gasteiger partial charge in [0.15, 0.2) is 15.6 Å². The van der Waals surface area contributed by atoms with Crippen LogP contribution < -0.4 is 5.32 Å². The number of nitrogens with one attached hydrogen (secondary N) is 1. The number of nitrogens with zero attached hydrogens (tertiary/aromatic N) is 2. The SMILES string of the molecule is O=C(Nc1nncs1)c1occc1CS(=O)(=O)c1ccccc1. The molecule has 1 N–H and O–H groups in total. The molecule has 9 heteroatoms. The fraction of sp³-hybridized carbons (Fsp3) is 0.0714. The van der Waals surface area contributed by atoms with Gasteiger partial charge in [-0.1, -0.05) is 29.5 Å². The van der Waals surface area contributed by atoms with Crippen LogP contribution >= 0.6 is 11.3 Å². The highest BCUT2D eigenvalue weighted by Crippen LogP contribution is 2.21. The molecule has 2 aromatic heterocycles. The van der Waals surface area contributed by atoms with Crippen molar-refractivity contribution in [1.29, 1.82) is 0 Å². The summed E-state index contributed by atoms with van der Waals surface area (Å²) >= 11 is 1.15. The largest absolute Gasteiger partial charge is 0.459 e. The number of furan rings is 1. The number of aromatic nitrogens is 2. The van der Waals surface area contributed by atoms with E-state index in [0.717, 1.165) is 11.3 Å². The smallest absolute Gasteiger partial charge is 0.293 e. The molecular weight excluding hydrogens is 338 g/mol. The lowest BCUT2D eigenvalue weighted by molar-refractivity contribution is 0.0995. The van der Waals surface area contributed by atoms with Crippen LogP contribution in [0.3, 0.4) is 0 Å². The van der Waals surface area contributed by atoms with Gasteiger partial charge in [-0.2, -0.15) is 0 Å². The molecule has 0 aliphatic carbocycles. The zero-order valence-corrected chi connectivity index (χ0v) is 13.3. The predicted octanol–water partition coefficient (Wildman–Crippen LogP) is 2.36. The molecule has 0 bridgehead atoms. The van der Waals surface area contributed by atoms with Crippen LogP contribution in [0.25, 0.3) is 0 Å². The summed E-state index contributed by atoms with van der Waals surface area (Å²) in [6.45, 7) is 0. The number of hydrogen-bond acceptors (Lipinski definition) is 7. The van der Waals surface area contributed by atoms with Crippen LogP contribution in [0.4, 0.5) is 5.13 Å². The molecule has 2 heterocycles. The minimum atomic E-state index is -3.57. The lowest BCUT2D eigenvalue weighted by Gasteiger charge is -2.05. The maximum atomic E-state index is 12.4. The molecule has 0 radical (unpaired) electrons. The number of carbonyl (C=O) groups excluding carboxylic acids is 1. The van der Waals surface area contributed by atoms with Crippen LogP contribution in [0.5, 0.6) is 0 Å². The van der Waals surface area contributed by atoms with E-state index in [0.29, 0.717) is 5.13 Å². The molecule has 0 aliphatic heterocycles. The maximum absolute atomic E-state index is 12.4. The number of amides is 1. The summed E-state index contributed by atoms with van der Waals surface area (Å²) in [7, 11) is -3.57. The van der Waals surface area contributed by atoms with Crippen LogP contribution in [0.2, 0.25) is 0 Å². The first kappa shape index (κ1) is 15.4. The standard InChI is InChI=1S/C14H11N3O4S2/c18-13(16-14-17-15-9-22-14)12-10(6-7-21-12)8-23(19,20)11-4-2-1-3-5-11/h1-7,9H,8H2,(H,16,17,18). The summed E-state index contributed by atoms with van der Waals surface area (Å²) < 4.78 is 29.9. The van der Waals surface area contributed by atoms with Gasteiger partial charge in [-0.05, 0) is 18.2 Å². The first-order valence-corrected chi connectivity index (χ1v) is 9.01. The number of sulfone groups is 1. The van der Waals surface area contributed by atoms with Gasteiger partial charge in [0.05, 0.1) is 16.9 Å². The van der Waals surface area contributed by atoms with E-state index >= 15 is 0 Å². The Labute approximate surface area is 135 Å². The topological polar surface area (TPSA) is 102 Å². The van der Waals surface area contributed by atoms with Crippen LogP contribution in [-0.4, -0.2) is 24.5 Å². The molecule has 0 spiro atoms. The van der Waals surface area contributed by atoms with Gasteiger partial charge in [-0.15, -0.1) is 10.2 Å². The Kier molecular flexibility index (Phi) is 4.22. The quantitative estimate of drug-likeness (QED) is 0.758. The monoisotopic (exact) mass is 349 g/mol. The van der Waals surface area contributed by atoms with E-state index in [-0.39, 0.29) is 22.0 Å². The minimum absolute atomic E-state index is 0.0558. The molecule has 23 heavy (non-hydrogen) atoms. The van der Waals surface area contributed by atoms with Gasteiger partial charge >= 0.3 is 0 Å². The van der Waals surface area contributed by atoms with E-state index in [1.54, 1.807) is 18.2 Å². The summed E-state index contributed by atoms with van der Waals surface area (Å²) in [5.74, 6) is -0.948. The lowest BCUT2D eigenvalue weighted by atomic mass is 10.3. The van der Waals surface area contributed by atoms with Gasteiger partial charge < -0.3 is 4.42 Å². The Balaban J connectivity index is 1.83. The van der Waals surface area contributed by atoms with E-state index in [1.165, 1.54) is 30.0 Å². The van der Waals surface area contributed by atoms with Crippen molar-refractivity contribution in [2.45, 2.75) is 10.6 Å². The van der Waals surface area contributed by atoms with Crippen LogP contribution in [0, 0.1) is 0 Å². The van der Waals surface area contributed by atoms with Crippen molar-refractivity contribution in [3.63, 3.8) is 0 Å². The normalized spacial score (nSPS) is 11.3. The summed E-state index contributed by atoms with van der Waals surface area (Å²) in [5.41, 5.74) is 1.76. The number of benzene rings is 1. The molecule has 0 saturated carbocycles. The third-order valence-electron chi connectivity index (χ3n) is 2.98. The van der Waals surface area contributed by atoms with Crippen molar-refractivity contribution in [3.8, 4) is 0 Å². The molecule has 3 aromatic rings. The van der Waals surface area contributed by atoms with Crippen molar-refractivity contribution in [3.05, 3.63) is 59.5 Å². The fourth-order valence-electron chi connectivity index (χ4n) is 1.95. The highest BCUT2D eigenvalue weighted by Gasteiger charge is 2.22. The van der Waals surface area contributed by atoms with Crippen molar-refractivity contribution >= 4 is 32.2 Å². The van der Waals surface area contributed by atoms with Crippen molar-refractivity contribution in [2.75, 3.05) is 5.32 Å². The summed E-state index contributed by atoms with van der Waals surface area (Å²) in [6.07, 6.45) is 1.28. The molecule has 1 amide bonds. The van der Waals surface area contributed by atoms with Gasteiger partial charge in [0.1, 0.15) is 5.51 Å². The maximum Gasteiger partial charge on any atom is 0.293 e. The van der Waals surface area contributed by atoms with Gasteiger partial charge in [0.25, 0.3) is 5.91 Å². The first-order valence-electron chi connectivity index (χ1n) is 6.48. The average Bonchev–Trinajstić information content (AvgIpc) is 3.19. The van der Waals surface area contributed by atoms with Gasteiger partial charge in [-0.25, -0.2) is 8.42 Å². The summed E-state index contributed by atoms with van der Waals surface area (Å²) in [5, 5.41) is 10.1.